The summed E-state index contributed by atoms with van der Waals surface area (Å²) in [6.45, 7) is 0. The first-order valence-electron chi connectivity index (χ1n) is 7.39. The van der Waals surface area contributed by atoms with E-state index in [0.717, 1.165) is 12.8 Å². The molecular weight excluding hydrogens is 256 g/mol. The van der Waals surface area contributed by atoms with Crippen molar-refractivity contribution in [2.45, 2.75) is 51.0 Å². The Morgan fingerprint density at radius 1 is 1.10 bits per heavy atom. The summed E-state index contributed by atoms with van der Waals surface area (Å²) in [5.74, 6) is 1.00. The Balaban J connectivity index is 2.15. The van der Waals surface area contributed by atoms with E-state index >= 15 is 0 Å². The Hall–Kier alpha value is -1.36. The summed E-state index contributed by atoms with van der Waals surface area (Å²) < 4.78 is 10.3. The maximum absolute atomic E-state index is 10.6. The highest BCUT2D eigenvalue weighted by atomic mass is 16.5. The average Bonchev–Trinajstić information content (AvgIpc) is 2.45. The molecule has 0 spiro atoms. The normalized spacial score (nSPS) is 18.9. The predicted octanol–water partition coefficient (Wildman–Crippen LogP) is 2.89. The van der Waals surface area contributed by atoms with Gasteiger partial charge in [-0.2, -0.15) is 4.98 Å². The average molecular weight is 280 g/mol. The number of aliphatic hydroxyl groups excluding tert-OH is 1. The fourth-order valence-electron chi connectivity index (χ4n) is 2.84. The second kappa shape index (κ2) is 7.43. The number of aliphatic hydroxyl groups is 1. The monoisotopic (exact) mass is 280 g/mol. The smallest absolute Gasteiger partial charge is 0.241 e. The lowest BCUT2D eigenvalue weighted by molar-refractivity contribution is 0.0838. The highest BCUT2D eigenvalue weighted by molar-refractivity contribution is 5.25. The van der Waals surface area contributed by atoms with Gasteiger partial charge in [0.15, 0.2) is 0 Å². The zero-order valence-corrected chi connectivity index (χ0v) is 12.3. The molecule has 112 valence electrons. The molecule has 0 saturated heterocycles. The topological polar surface area (TPSA) is 64.5 Å². The molecule has 1 unspecified atom stereocenters. The van der Waals surface area contributed by atoms with Gasteiger partial charge >= 0.3 is 0 Å². The van der Waals surface area contributed by atoms with Gasteiger partial charge in [-0.3, -0.25) is 0 Å². The third-order valence-electron chi connectivity index (χ3n) is 4.02. The van der Waals surface area contributed by atoms with Crippen LogP contribution in [0.15, 0.2) is 6.20 Å². The van der Waals surface area contributed by atoms with Gasteiger partial charge in [-0.25, -0.2) is 4.98 Å². The molecule has 1 heterocycles. The first-order valence-corrected chi connectivity index (χ1v) is 7.39. The Morgan fingerprint density at radius 3 is 2.35 bits per heavy atom. The molecule has 0 aliphatic heterocycles. The van der Waals surface area contributed by atoms with Crippen LogP contribution in [0.1, 0.15) is 56.7 Å². The van der Waals surface area contributed by atoms with E-state index in [2.05, 4.69) is 9.97 Å². The number of hydrogen-bond acceptors (Lipinski definition) is 5. The van der Waals surface area contributed by atoms with E-state index < -0.39 is 6.10 Å². The molecule has 2 rings (SSSR count). The van der Waals surface area contributed by atoms with Gasteiger partial charge in [0, 0.05) is 0 Å². The molecule has 1 saturated carbocycles. The fraction of sp³-hybridized carbons (Fsp3) is 0.733. The van der Waals surface area contributed by atoms with Crippen LogP contribution in [0.4, 0.5) is 0 Å². The maximum atomic E-state index is 10.6. The predicted molar refractivity (Wildman–Crippen MR) is 75.9 cm³/mol. The van der Waals surface area contributed by atoms with Gasteiger partial charge in [-0.1, -0.05) is 32.1 Å². The second-order valence-corrected chi connectivity index (χ2v) is 5.36. The third kappa shape index (κ3) is 3.60. The molecule has 0 aromatic carbocycles. The summed E-state index contributed by atoms with van der Waals surface area (Å²) in [6, 6.07) is 0. The van der Waals surface area contributed by atoms with Crippen molar-refractivity contribution in [3.05, 3.63) is 11.9 Å². The van der Waals surface area contributed by atoms with Gasteiger partial charge in [-0.15, -0.1) is 0 Å². The first kappa shape index (κ1) is 15.0. The van der Waals surface area contributed by atoms with Crippen LogP contribution in [0.3, 0.4) is 0 Å². The summed E-state index contributed by atoms with van der Waals surface area (Å²) >= 11 is 0. The second-order valence-electron chi connectivity index (χ2n) is 5.36. The zero-order chi connectivity index (χ0) is 14.4. The number of methoxy groups -OCH3 is 2. The van der Waals surface area contributed by atoms with Crippen molar-refractivity contribution in [3.63, 3.8) is 0 Å². The van der Waals surface area contributed by atoms with Gasteiger partial charge in [0.2, 0.25) is 11.8 Å². The van der Waals surface area contributed by atoms with Crippen LogP contribution in [0, 0.1) is 5.92 Å². The third-order valence-corrected chi connectivity index (χ3v) is 4.02. The quantitative estimate of drug-likeness (QED) is 0.918. The van der Waals surface area contributed by atoms with Gasteiger partial charge in [0.25, 0.3) is 0 Å². The molecule has 1 N–H and O–H groups in total. The Morgan fingerprint density at radius 2 is 1.75 bits per heavy atom. The molecule has 5 nitrogen and oxygen atoms in total. The van der Waals surface area contributed by atoms with Crippen LogP contribution in [0.25, 0.3) is 0 Å². The fourth-order valence-corrected chi connectivity index (χ4v) is 2.84. The Kier molecular flexibility index (Phi) is 5.59. The van der Waals surface area contributed by atoms with Crippen LogP contribution < -0.4 is 9.47 Å². The van der Waals surface area contributed by atoms with Crippen LogP contribution in [0.5, 0.6) is 11.8 Å². The lowest BCUT2D eigenvalue weighted by Crippen LogP contribution is -2.17. The van der Waals surface area contributed by atoms with Gasteiger partial charge in [0.05, 0.1) is 20.4 Å². The number of rotatable bonds is 4. The number of hydrogen-bond donors (Lipinski definition) is 1. The molecule has 0 bridgehead atoms. The molecule has 1 atom stereocenters. The molecule has 1 aliphatic rings. The molecule has 5 heteroatoms. The van der Waals surface area contributed by atoms with Crippen molar-refractivity contribution >= 4 is 0 Å². The standard InChI is InChI=1S/C15H24N2O3/c1-19-12-10-16-13(15(17-12)20-2)14(18)11-8-6-4-3-5-7-9-11/h10-11,14,18H,3-9H2,1-2H3. The van der Waals surface area contributed by atoms with Crippen LogP contribution in [0.2, 0.25) is 0 Å². The van der Waals surface area contributed by atoms with E-state index in [0.29, 0.717) is 17.5 Å². The number of ether oxygens (including phenoxy) is 2. The molecule has 0 radical (unpaired) electrons. The number of nitrogens with zero attached hydrogens (tertiary/aromatic N) is 2. The summed E-state index contributed by atoms with van der Waals surface area (Å²) in [5.41, 5.74) is 0.527. The van der Waals surface area contributed by atoms with Crippen molar-refractivity contribution < 1.29 is 14.6 Å². The van der Waals surface area contributed by atoms with E-state index in [-0.39, 0.29) is 5.92 Å². The summed E-state index contributed by atoms with van der Waals surface area (Å²) in [6.07, 6.45) is 9.18. The summed E-state index contributed by atoms with van der Waals surface area (Å²) in [4.78, 5) is 8.49. The van der Waals surface area contributed by atoms with Gasteiger partial charge in [0.1, 0.15) is 11.8 Å². The summed E-state index contributed by atoms with van der Waals surface area (Å²) in [7, 11) is 3.08. The summed E-state index contributed by atoms with van der Waals surface area (Å²) in [5, 5.41) is 10.6. The zero-order valence-electron chi connectivity index (χ0n) is 12.3. The lowest BCUT2D eigenvalue weighted by atomic mass is 9.86. The van der Waals surface area contributed by atoms with E-state index in [1.54, 1.807) is 0 Å². The highest BCUT2D eigenvalue weighted by Gasteiger charge is 2.26. The van der Waals surface area contributed by atoms with Crippen LogP contribution in [-0.2, 0) is 0 Å². The van der Waals surface area contributed by atoms with E-state index in [9.17, 15) is 5.11 Å². The molecule has 20 heavy (non-hydrogen) atoms. The van der Waals surface area contributed by atoms with Crippen LogP contribution in [-0.4, -0.2) is 29.3 Å². The minimum atomic E-state index is -0.610. The molecule has 1 fully saturated rings. The van der Waals surface area contributed by atoms with Crippen molar-refractivity contribution in [2.24, 2.45) is 5.92 Å². The highest BCUT2D eigenvalue weighted by Crippen LogP contribution is 2.35. The van der Waals surface area contributed by atoms with Gasteiger partial charge < -0.3 is 14.6 Å². The molecule has 1 aromatic heterocycles. The van der Waals surface area contributed by atoms with E-state index in [1.807, 2.05) is 0 Å². The molecule has 1 aromatic rings. The minimum absolute atomic E-state index is 0.242. The molecular formula is C15H24N2O3. The number of aromatic nitrogens is 2. The minimum Gasteiger partial charge on any atom is -0.480 e. The SMILES string of the molecule is COc1cnc(C(O)C2CCCCCCC2)c(OC)n1. The van der Waals surface area contributed by atoms with Crippen molar-refractivity contribution in [1.29, 1.82) is 0 Å². The van der Waals surface area contributed by atoms with E-state index in [1.165, 1.54) is 52.5 Å². The van der Waals surface area contributed by atoms with Crippen molar-refractivity contribution in [2.75, 3.05) is 14.2 Å². The molecule has 0 amide bonds. The van der Waals surface area contributed by atoms with Crippen molar-refractivity contribution in [3.8, 4) is 11.8 Å². The van der Waals surface area contributed by atoms with Crippen molar-refractivity contribution in [1.82, 2.24) is 9.97 Å². The molecule has 1 aliphatic carbocycles. The van der Waals surface area contributed by atoms with Crippen LogP contribution >= 0.6 is 0 Å². The lowest BCUT2D eigenvalue weighted by Gasteiger charge is -2.25. The maximum Gasteiger partial charge on any atom is 0.241 e. The Labute approximate surface area is 120 Å². The van der Waals surface area contributed by atoms with Gasteiger partial charge in [-0.05, 0) is 18.8 Å². The Bertz CT molecular complexity index is 418. The largest absolute Gasteiger partial charge is 0.480 e. The first-order chi connectivity index (χ1) is 9.76. The van der Waals surface area contributed by atoms with E-state index in [4.69, 9.17) is 9.47 Å².